The van der Waals surface area contributed by atoms with Gasteiger partial charge in [0.2, 0.25) is 0 Å². The van der Waals surface area contributed by atoms with E-state index in [1.807, 2.05) is 24.0 Å². The average molecular weight is 309 g/mol. The third kappa shape index (κ3) is 3.09. The lowest BCUT2D eigenvalue weighted by atomic mass is 9.82. The van der Waals surface area contributed by atoms with E-state index >= 15 is 0 Å². The fraction of sp³-hybridized carbons (Fsp3) is 0.938. The van der Waals surface area contributed by atoms with Gasteiger partial charge in [0.1, 0.15) is 0 Å². The van der Waals surface area contributed by atoms with Gasteiger partial charge in [-0.3, -0.25) is 10.7 Å². The first-order valence-electron chi connectivity index (χ1n) is 8.64. The monoisotopic (exact) mass is 309 g/mol. The van der Waals surface area contributed by atoms with E-state index in [1.54, 1.807) is 4.90 Å². The van der Waals surface area contributed by atoms with Crippen molar-refractivity contribution in [3.8, 4) is 0 Å². The Morgan fingerprint density at radius 2 is 1.91 bits per heavy atom. The molecule has 1 spiro atoms. The second-order valence-corrected chi connectivity index (χ2v) is 7.76. The summed E-state index contributed by atoms with van der Waals surface area (Å²) in [5, 5.41) is 2.02. The van der Waals surface area contributed by atoms with Gasteiger partial charge in [-0.05, 0) is 38.5 Å². The van der Waals surface area contributed by atoms with Crippen molar-refractivity contribution in [3.63, 3.8) is 0 Å². The van der Waals surface area contributed by atoms with E-state index in [0.29, 0.717) is 6.04 Å². The van der Waals surface area contributed by atoms with Crippen LogP contribution in [0, 0.1) is 5.92 Å². The van der Waals surface area contributed by atoms with Gasteiger partial charge in [0, 0.05) is 58.4 Å². The van der Waals surface area contributed by atoms with Gasteiger partial charge in [-0.15, -0.1) is 0 Å². The van der Waals surface area contributed by atoms with Crippen molar-refractivity contribution in [3.05, 3.63) is 0 Å². The molecule has 0 bridgehead atoms. The minimum atomic E-state index is 0.136. The zero-order valence-electron chi connectivity index (χ0n) is 14.3. The molecule has 2 aliphatic heterocycles. The van der Waals surface area contributed by atoms with E-state index in [1.165, 1.54) is 19.4 Å². The molecule has 1 aliphatic carbocycles. The Kier molecular flexibility index (Phi) is 4.36. The Morgan fingerprint density at radius 3 is 2.45 bits per heavy atom. The van der Waals surface area contributed by atoms with Crippen molar-refractivity contribution >= 4 is 6.03 Å². The molecule has 6 nitrogen and oxygen atoms in total. The maximum atomic E-state index is 12.2. The molecule has 0 aromatic carbocycles. The minimum Gasteiger partial charge on any atom is -0.331 e. The Morgan fingerprint density at radius 1 is 1.27 bits per heavy atom. The molecule has 0 aromatic heterocycles. The van der Waals surface area contributed by atoms with Gasteiger partial charge < -0.3 is 9.80 Å². The number of rotatable bonds is 2. The number of amides is 2. The van der Waals surface area contributed by atoms with Gasteiger partial charge in [-0.1, -0.05) is 0 Å². The predicted molar refractivity (Wildman–Crippen MR) is 87.3 cm³/mol. The highest BCUT2D eigenvalue weighted by Crippen LogP contribution is 2.38. The molecule has 1 unspecified atom stereocenters. The van der Waals surface area contributed by atoms with Gasteiger partial charge in [0.05, 0.1) is 0 Å². The topological polar surface area (TPSA) is 56.0 Å². The van der Waals surface area contributed by atoms with Crippen LogP contribution >= 0.6 is 0 Å². The highest BCUT2D eigenvalue weighted by molar-refractivity contribution is 5.73. The second kappa shape index (κ2) is 5.98. The number of carbonyl (C=O) groups is 1. The molecule has 1 saturated carbocycles. The summed E-state index contributed by atoms with van der Waals surface area (Å²) in [6, 6.07) is 0.559. The smallest absolute Gasteiger partial charge is 0.319 e. The summed E-state index contributed by atoms with van der Waals surface area (Å²) in [6.07, 6.45) is 4.86. The second-order valence-electron chi connectivity index (χ2n) is 7.76. The van der Waals surface area contributed by atoms with E-state index in [2.05, 4.69) is 11.8 Å². The van der Waals surface area contributed by atoms with E-state index in [0.717, 1.165) is 44.9 Å². The van der Waals surface area contributed by atoms with E-state index < -0.39 is 0 Å². The summed E-state index contributed by atoms with van der Waals surface area (Å²) in [4.78, 5) is 18.5. The lowest BCUT2D eigenvalue weighted by Gasteiger charge is -2.55. The summed E-state index contributed by atoms with van der Waals surface area (Å²) in [5.41, 5.74) is 0.174. The van der Waals surface area contributed by atoms with Crippen LogP contribution in [-0.4, -0.2) is 84.1 Å². The lowest BCUT2D eigenvalue weighted by Crippen LogP contribution is -2.69. The first-order valence-corrected chi connectivity index (χ1v) is 8.64. The number of hydrogen-bond donors (Lipinski definition) is 1. The summed E-state index contributed by atoms with van der Waals surface area (Å²) in [7, 11) is 3.66. The number of nitrogens with zero attached hydrogens (tertiary/aromatic N) is 4. The molecule has 0 aromatic rings. The number of piperazine rings is 1. The zero-order chi connectivity index (χ0) is 15.9. The number of nitrogens with two attached hydrogens (primary N) is 1. The van der Waals surface area contributed by atoms with Crippen molar-refractivity contribution in [2.75, 3.05) is 46.8 Å². The van der Waals surface area contributed by atoms with Crippen LogP contribution in [0.5, 0.6) is 0 Å². The van der Waals surface area contributed by atoms with Crippen LogP contribution in [0.3, 0.4) is 0 Å². The van der Waals surface area contributed by atoms with Crippen LogP contribution in [-0.2, 0) is 0 Å². The fourth-order valence-corrected chi connectivity index (χ4v) is 3.96. The van der Waals surface area contributed by atoms with Crippen molar-refractivity contribution in [2.45, 2.75) is 44.2 Å². The van der Waals surface area contributed by atoms with Gasteiger partial charge >= 0.3 is 6.03 Å². The van der Waals surface area contributed by atoms with E-state index in [4.69, 9.17) is 5.84 Å². The number of urea groups is 1. The average Bonchev–Trinajstić information content (AvgIpc) is 3.29. The molecule has 2 amide bonds. The first-order chi connectivity index (χ1) is 10.4. The molecule has 1 atom stereocenters. The van der Waals surface area contributed by atoms with E-state index in [-0.39, 0.29) is 11.6 Å². The minimum absolute atomic E-state index is 0.136. The Bertz CT molecular complexity index is 415. The fourth-order valence-electron chi connectivity index (χ4n) is 3.96. The molecule has 2 heterocycles. The molecular formula is C16H31N5O. The number of likely N-dealkylation sites (tertiary alicyclic amines) is 1. The standard InChI is InChI=1S/C16H31N5O/c1-13-10-20(11-14-4-5-14)16(12-21(13)17)6-8-19(9-7-16)15(22)18(2)3/h13-14H,4-12,17H2,1-3H3. The molecule has 126 valence electrons. The highest BCUT2D eigenvalue weighted by Gasteiger charge is 2.47. The zero-order valence-corrected chi connectivity index (χ0v) is 14.3. The van der Waals surface area contributed by atoms with Crippen molar-refractivity contribution in [1.29, 1.82) is 0 Å². The van der Waals surface area contributed by atoms with Gasteiger partial charge in [-0.2, -0.15) is 0 Å². The molecule has 22 heavy (non-hydrogen) atoms. The van der Waals surface area contributed by atoms with E-state index in [9.17, 15) is 4.79 Å². The van der Waals surface area contributed by atoms with Crippen LogP contribution in [0.15, 0.2) is 0 Å². The van der Waals surface area contributed by atoms with Crippen LogP contribution in [0.1, 0.15) is 32.6 Å². The molecule has 2 saturated heterocycles. The lowest BCUT2D eigenvalue weighted by molar-refractivity contribution is -0.0623. The van der Waals surface area contributed by atoms with Gasteiger partial charge in [0.25, 0.3) is 0 Å². The normalized spacial score (nSPS) is 29.8. The summed E-state index contributed by atoms with van der Waals surface area (Å²) >= 11 is 0. The number of carbonyl (C=O) groups excluding carboxylic acids is 1. The molecule has 3 aliphatic rings. The molecule has 0 radical (unpaired) electrons. The predicted octanol–water partition coefficient (Wildman–Crippen LogP) is 0.792. The van der Waals surface area contributed by atoms with Crippen molar-refractivity contribution in [1.82, 2.24) is 19.7 Å². The molecule has 3 rings (SSSR count). The largest absolute Gasteiger partial charge is 0.331 e. The molecule has 6 heteroatoms. The Labute approximate surface area is 134 Å². The summed E-state index contributed by atoms with van der Waals surface area (Å²) in [5.74, 6) is 7.15. The highest BCUT2D eigenvalue weighted by atomic mass is 16.2. The third-order valence-corrected chi connectivity index (χ3v) is 5.72. The van der Waals surface area contributed by atoms with Gasteiger partial charge in [-0.25, -0.2) is 9.80 Å². The third-order valence-electron chi connectivity index (χ3n) is 5.72. The van der Waals surface area contributed by atoms with Crippen LogP contribution in [0.4, 0.5) is 4.79 Å². The van der Waals surface area contributed by atoms with Gasteiger partial charge in [0.15, 0.2) is 0 Å². The Balaban J connectivity index is 1.68. The summed E-state index contributed by atoms with van der Waals surface area (Å²) < 4.78 is 0. The molecule has 2 N–H and O–H groups in total. The van der Waals surface area contributed by atoms with Crippen LogP contribution < -0.4 is 5.84 Å². The van der Waals surface area contributed by atoms with Crippen molar-refractivity contribution in [2.24, 2.45) is 11.8 Å². The number of piperidine rings is 1. The maximum Gasteiger partial charge on any atom is 0.319 e. The Hall–Kier alpha value is -0.850. The number of hydrogen-bond acceptors (Lipinski definition) is 4. The number of hydrazine groups is 1. The molecular weight excluding hydrogens is 278 g/mol. The quantitative estimate of drug-likeness (QED) is 0.766. The SMILES string of the molecule is CC1CN(CC2CC2)C2(CCN(C(=O)N(C)C)CC2)CN1N. The molecule has 3 fully saturated rings. The van der Waals surface area contributed by atoms with Crippen LogP contribution in [0.25, 0.3) is 0 Å². The van der Waals surface area contributed by atoms with Crippen molar-refractivity contribution < 1.29 is 4.79 Å². The summed E-state index contributed by atoms with van der Waals surface area (Å²) in [6.45, 7) is 7.14. The van der Waals surface area contributed by atoms with Crippen LogP contribution in [0.2, 0.25) is 0 Å². The first kappa shape index (κ1) is 16.0. The maximum absolute atomic E-state index is 12.2.